The molecular formula is C33H46N6O10. The number of aliphatic carboxylic acids is 5. The Labute approximate surface area is 282 Å². The minimum atomic E-state index is -1.17. The molecular weight excluding hydrogens is 640 g/mol. The third-order valence-corrected chi connectivity index (χ3v) is 6.89. The molecule has 0 fully saturated rings. The van der Waals surface area contributed by atoms with Crippen molar-refractivity contribution in [3.05, 3.63) is 72.1 Å². The molecule has 16 nitrogen and oxygen atoms in total. The van der Waals surface area contributed by atoms with Crippen LogP contribution in [0, 0.1) is 5.92 Å². The maximum Gasteiger partial charge on any atom is 0.320 e. The van der Waals surface area contributed by atoms with Crippen molar-refractivity contribution in [1.29, 1.82) is 0 Å². The maximum absolute atomic E-state index is 10.6. The number of benzene rings is 2. The SMILES string of the molecule is CC(C)C[C@H](N)C(=O)O.N[C@@H](CCC(=O)O)C(=O)O.N[C@@H](Cc1c[nH]c2ccccc12)C(=O)O.N[C@@H](Cc1c[nH]c2ccccc12)C(=O)O. The molecule has 2 aromatic heterocycles. The van der Waals surface area contributed by atoms with Crippen molar-refractivity contribution in [1.82, 2.24) is 9.97 Å². The summed E-state index contributed by atoms with van der Waals surface area (Å²) in [6.45, 7) is 3.89. The molecule has 0 unspecified atom stereocenters. The van der Waals surface area contributed by atoms with Crippen LogP contribution in [0.3, 0.4) is 0 Å². The van der Waals surface area contributed by atoms with Gasteiger partial charge < -0.3 is 58.4 Å². The van der Waals surface area contributed by atoms with Gasteiger partial charge in [0.1, 0.15) is 24.2 Å². The zero-order chi connectivity index (χ0) is 37.3. The van der Waals surface area contributed by atoms with Gasteiger partial charge >= 0.3 is 29.8 Å². The van der Waals surface area contributed by atoms with Crippen molar-refractivity contribution in [3.63, 3.8) is 0 Å². The highest BCUT2D eigenvalue weighted by atomic mass is 16.4. The van der Waals surface area contributed by atoms with E-state index in [0.29, 0.717) is 25.2 Å². The zero-order valence-corrected chi connectivity index (χ0v) is 27.3. The highest BCUT2D eigenvalue weighted by Crippen LogP contribution is 2.19. The number of para-hydroxylation sites is 2. The van der Waals surface area contributed by atoms with Gasteiger partial charge in [-0.3, -0.25) is 24.0 Å². The van der Waals surface area contributed by atoms with Crippen LogP contribution in [0.4, 0.5) is 0 Å². The first-order chi connectivity index (χ1) is 22.9. The van der Waals surface area contributed by atoms with Crippen molar-refractivity contribution in [2.75, 3.05) is 0 Å². The molecule has 2 heterocycles. The molecule has 0 aliphatic rings. The van der Waals surface area contributed by atoms with E-state index in [9.17, 15) is 24.0 Å². The predicted octanol–water partition coefficient (Wildman–Crippen LogP) is 1.95. The second kappa shape index (κ2) is 20.8. The number of carboxylic acid groups (broad SMARTS) is 5. The number of H-pyrrole nitrogens is 2. The van der Waals surface area contributed by atoms with E-state index in [2.05, 4.69) is 9.97 Å². The van der Waals surface area contributed by atoms with Gasteiger partial charge in [-0.1, -0.05) is 50.2 Å². The molecule has 4 atom stereocenters. The molecule has 268 valence electrons. The van der Waals surface area contributed by atoms with Crippen LogP contribution in [0.2, 0.25) is 0 Å². The average Bonchev–Trinajstić information content (AvgIpc) is 3.64. The summed E-state index contributed by atoms with van der Waals surface area (Å²) in [5.74, 6) is -4.70. The summed E-state index contributed by atoms with van der Waals surface area (Å²) in [5.41, 5.74) is 25.1. The lowest BCUT2D eigenvalue weighted by Gasteiger charge is -2.07. The fraction of sp³-hybridized carbons (Fsp3) is 0.364. The van der Waals surface area contributed by atoms with Crippen molar-refractivity contribution in [2.24, 2.45) is 28.9 Å². The predicted molar refractivity (Wildman–Crippen MR) is 183 cm³/mol. The molecule has 4 rings (SSSR count). The zero-order valence-electron chi connectivity index (χ0n) is 27.3. The van der Waals surface area contributed by atoms with Crippen LogP contribution >= 0.6 is 0 Å². The Hall–Kier alpha value is -5.29. The summed E-state index contributed by atoms with van der Waals surface area (Å²) in [4.78, 5) is 57.4. The standard InChI is InChI=1S/2C11H12N2O2.C6H13NO2.C5H9NO4/c2*12-9(11(14)15)5-7-6-13-10-4-2-1-3-8(7)10;1-4(2)3-5(7)6(8)9;6-3(5(9)10)1-2-4(7)8/h2*1-4,6,9,13H,5,12H2,(H,14,15);4-5H,3,7H2,1-2H3,(H,8,9);3H,1-2,6H2,(H,7,8)(H,9,10)/t2*9-;5-;3-/m0000/s1. The van der Waals surface area contributed by atoms with Gasteiger partial charge in [0.05, 0.1) is 0 Å². The number of aromatic amines is 2. The van der Waals surface area contributed by atoms with Gasteiger partial charge in [-0.05, 0) is 42.0 Å². The van der Waals surface area contributed by atoms with Crippen molar-refractivity contribution < 1.29 is 49.5 Å². The third kappa shape index (κ3) is 15.4. The first-order valence-electron chi connectivity index (χ1n) is 15.2. The molecule has 16 heteroatoms. The number of hydrogen-bond donors (Lipinski definition) is 11. The van der Waals surface area contributed by atoms with Crippen molar-refractivity contribution in [3.8, 4) is 0 Å². The maximum atomic E-state index is 10.6. The fourth-order valence-corrected chi connectivity index (χ4v) is 4.26. The highest BCUT2D eigenvalue weighted by Gasteiger charge is 2.16. The van der Waals surface area contributed by atoms with E-state index in [1.54, 1.807) is 0 Å². The van der Waals surface area contributed by atoms with E-state index < -0.39 is 54.0 Å². The lowest BCUT2D eigenvalue weighted by Crippen LogP contribution is -2.32. The minimum absolute atomic E-state index is 0.0231. The van der Waals surface area contributed by atoms with Gasteiger partial charge in [0.15, 0.2) is 0 Å². The molecule has 0 bridgehead atoms. The number of aromatic nitrogens is 2. The topological polar surface area (TPSA) is 322 Å². The Morgan fingerprint density at radius 1 is 0.592 bits per heavy atom. The van der Waals surface area contributed by atoms with E-state index >= 15 is 0 Å². The molecule has 49 heavy (non-hydrogen) atoms. The van der Waals surface area contributed by atoms with Crippen LogP contribution in [0.1, 0.15) is 44.2 Å². The van der Waals surface area contributed by atoms with Crippen LogP contribution in [0.25, 0.3) is 21.8 Å². The quantitative estimate of drug-likeness (QED) is 0.0958. The smallest absolute Gasteiger partial charge is 0.320 e. The lowest BCUT2D eigenvalue weighted by molar-refractivity contribution is -0.141. The lowest BCUT2D eigenvalue weighted by atomic mass is 10.1. The number of carboxylic acids is 5. The van der Waals surface area contributed by atoms with Gasteiger partial charge in [0.2, 0.25) is 0 Å². The summed E-state index contributed by atoms with van der Waals surface area (Å²) in [6.07, 6.45) is 4.65. The number of carbonyl (C=O) groups is 5. The Kier molecular flexibility index (Phi) is 17.7. The normalized spacial score (nSPS) is 13.0. The summed E-state index contributed by atoms with van der Waals surface area (Å²) < 4.78 is 0. The molecule has 0 spiro atoms. The first-order valence-corrected chi connectivity index (χ1v) is 15.2. The highest BCUT2D eigenvalue weighted by molar-refractivity contribution is 5.85. The van der Waals surface area contributed by atoms with E-state index in [0.717, 1.165) is 32.9 Å². The Bertz CT molecular complexity index is 1580. The minimum Gasteiger partial charge on any atom is -0.481 e. The molecule has 0 aliphatic carbocycles. The van der Waals surface area contributed by atoms with Crippen molar-refractivity contribution >= 4 is 51.7 Å². The Morgan fingerprint density at radius 2 is 0.959 bits per heavy atom. The van der Waals surface area contributed by atoms with E-state index in [1.165, 1.54) is 0 Å². The number of fused-ring (bicyclic) bond motifs is 2. The number of nitrogens with one attached hydrogen (secondary N) is 2. The van der Waals surface area contributed by atoms with Gasteiger partial charge in [-0.15, -0.1) is 0 Å². The Balaban J connectivity index is 0.000000336. The molecule has 0 aliphatic heterocycles. The molecule has 0 radical (unpaired) electrons. The average molecular weight is 687 g/mol. The van der Waals surface area contributed by atoms with Crippen molar-refractivity contribution in [2.45, 2.75) is 70.1 Å². The first kappa shape index (κ1) is 41.7. The summed E-state index contributed by atoms with van der Waals surface area (Å²) >= 11 is 0. The van der Waals surface area contributed by atoms with Crippen LogP contribution in [0.15, 0.2) is 60.9 Å². The van der Waals surface area contributed by atoms with E-state index in [1.807, 2.05) is 74.8 Å². The monoisotopic (exact) mass is 686 g/mol. The summed E-state index contributed by atoms with van der Waals surface area (Å²) in [5, 5.41) is 44.1. The summed E-state index contributed by atoms with van der Waals surface area (Å²) in [7, 11) is 0. The third-order valence-electron chi connectivity index (χ3n) is 6.89. The molecule has 0 saturated carbocycles. The van der Waals surface area contributed by atoms with Gasteiger partial charge in [-0.2, -0.15) is 0 Å². The van der Waals surface area contributed by atoms with Crippen LogP contribution < -0.4 is 22.9 Å². The van der Waals surface area contributed by atoms with Crippen LogP contribution in [0.5, 0.6) is 0 Å². The van der Waals surface area contributed by atoms with Gasteiger partial charge in [-0.25, -0.2) is 0 Å². The molecule has 0 saturated heterocycles. The van der Waals surface area contributed by atoms with Gasteiger partial charge in [0.25, 0.3) is 0 Å². The number of nitrogens with two attached hydrogens (primary N) is 4. The number of hydrogen-bond acceptors (Lipinski definition) is 9. The summed E-state index contributed by atoms with van der Waals surface area (Å²) in [6, 6.07) is 12.1. The van der Waals surface area contributed by atoms with E-state index in [4.69, 9.17) is 48.5 Å². The second-order valence-corrected chi connectivity index (χ2v) is 11.5. The molecule has 0 amide bonds. The number of rotatable bonds is 13. The largest absolute Gasteiger partial charge is 0.481 e. The second-order valence-electron chi connectivity index (χ2n) is 11.5. The van der Waals surface area contributed by atoms with Crippen LogP contribution in [-0.4, -0.2) is 89.5 Å². The fourth-order valence-electron chi connectivity index (χ4n) is 4.26. The van der Waals surface area contributed by atoms with E-state index in [-0.39, 0.29) is 12.8 Å². The van der Waals surface area contributed by atoms with Crippen LogP contribution in [-0.2, 0) is 36.8 Å². The van der Waals surface area contributed by atoms with Gasteiger partial charge in [0, 0.05) is 53.5 Å². The molecule has 15 N–H and O–H groups in total. The molecule has 4 aromatic rings. The Morgan fingerprint density at radius 3 is 1.27 bits per heavy atom. The molecule has 2 aromatic carbocycles.